The number of nitrogens with one attached hydrogen (secondary N) is 1. The van der Waals surface area contributed by atoms with Gasteiger partial charge in [-0.25, -0.2) is 8.78 Å². The monoisotopic (exact) mass is 366 g/mol. The second-order valence-electron chi connectivity index (χ2n) is 5.24. The summed E-state index contributed by atoms with van der Waals surface area (Å²) in [5.41, 5.74) is 4.98. The molecule has 0 aliphatic heterocycles. The Kier molecular flexibility index (Phi) is 6.35. The molecule has 8 heteroatoms. The number of hydrogen-bond acceptors (Lipinski definition) is 3. The SMILES string of the molecule is NC(=O)[C@@H](CC[S@](=O)c1ccccc1)NC(=O)c1cc(F)cc(F)c1. The average Bonchev–Trinajstić information content (AvgIpc) is 2.57. The molecule has 3 N–H and O–H groups in total. The van der Waals surface area contributed by atoms with Crippen LogP contribution in [-0.4, -0.2) is 27.8 Å². The Hall–Kier alpha value is -2.61. The van der Waals surface area contributed by atoms with Crippen LogP contribution in [0.2, 0.25) is 0 Å². The van der Waals surface area contributed by atoms with Crippen molar-refractivity contribution in [1.29, 1.82) is 0 Å². The van der Waals surface area contributed by atoms with Crippen LogP contribution < -0.4 is 11.1 Å². The van der Waals surface area contributed by atoms with Gasteiger partial charge >= 0.3 is 0 Å². The zero-order valence-corrected chi connectivity index (χ0v) is 13.9. The molecule has 2 amide bonds. The van der Waals surface area contributed by atoms with Crippen LogP contribution in [0, 0.1) is 11.6 Å². The van der Waals surface area contributed by atoms with Crippen LogP contribution in [0.4, 0.5) is 8.78 Å². The number of amides is 2. The van der Waals surface area contributed by atoms with E-state index in [0.717, 1.165) is 12.1 Å². The highest BCUT2D eigenvalue weighted by Gasteiger charge is 2.21. The summed E-state index contributed by atoms with van der Waals surface area (Å²) in [6.45, 7) is 0. The number of primary amides is 1. The molecule has 0 spiro atoms. The van der Waals surface area contributed by atoms with Crippen molar-refractivity contribution in [2.45, 2.75) is 17.4 Å². The van der Waals surface area contributed by atoms with Crippen molar-refractivity contribution in [3.8, 4) is 0 Å². The van der Waals surface area contributed by atoms with E-state index in [4.69, 9.17) is 5.73 Å². The summed E-state index contributed by atoms with van der Waals surface area (Å²) >= 11 is 0. The van der Waals surface area contributed by atoms with Crippen molar-refractivity contribution in [2.24, 2.45) is 5.73 Å². The van der Waals surface area contributed by atoms with Gasteiger partial charge in [0.1, 0.15) is 17.7 Å². The van der Waals surface area contributed by atoms with E-state index >= 15 is 0 Å². The number of carbonyl (C=O) groups excluding carboxylic acids is 2. The van der Waals surface area contributed by atoms with E-state index in [1.165, 1.54) is 0 Å². The third kappa shape index (κ3) is 5.46. The molecule has 2 atom stereocenters. The van der Waals surface area contributed by atoms with E-state index in [9.17, 15) is 22.6 Å². The minimum absolute atomic E-state index is 0.0282. The van der Waals surface area contributed by atoms with Gasteiger partial charge in [0.25, 0.3) is 5.91 Å². The predicted molar refractivity (Wildman–Crippen MR) is 89.1 cm³/mol. The molecule has 2 aromatic carbocycles. The van der Waals surface area contributed by atoms with Crippen molar-refractivity contribution in [3.05, 3.63) is 65.7 Å². The first-order valence-electron chi connectivity index (χ1n) is 7.36. The maximum atomic E-state index is 13.2. The molecule has 0 radical (unpaired) electrons. The Morgan fingerprint density at radius 2 is 1.68 bits per heavy atom. The maximum Gasteiger partial charge on any atom is 0.252 e. The van der Waals surface area contributed by atoms with Gasteiger partial charge in [0.15, 0.2) is 0 Å². The van der Waals surface area contributed by atoms with Gasteiger partial charge in [-0.05, 0) is 30.7 Å². The molecule has 0 unspecified atom stereocenters. The molecule has 0 fully saturated rings. The molecule has 0 aliphatic carbocycles. The van der Waals surface area contributed by atoms with Crippen LogP contribution in [0.5, 0.6) is 0 Å². The number of nitrogens with two attached hydrogens (primary N) is 1. The Bertz CT molecular complexity index is 779. The summed E-state index contributed by atoms with van der Waals surface area (Å²) < 4.78 is 38.5. The van der Waals surface area contributed by atoms with Crippen molar-refractivity contribution < 1.29 is 22.6 Å². The molecule has 0 aliphatic rings. The van der Waals surface area contributed by atoms with Crippen molar-refractivity contribution in [2.75, 3.05) is 5.75 Å². The van der Waals surface area contributed by atoms with E-state index in [1.807, 2.05) is 0 Å². The Morgan fingerprint density at radius 1 is 1.08 bits per heavy atom. The molecular weight excluding hydrogens is 350 g/mol. The lowest BCUT2D eigenvalue weighted by Crippen LogP contribution is -2.45. The fourth-order valence-corrected chi connectivity index (χ4v) is 3.27. The summed E-state index contributed by atoms with van der Waals surface area (Å²) in [6, 6.07) is 9.84. The summed E-state index contributed by atoms with van der Waals surface area (Å²) in [5.74, 6) is -3.39. The van der Waals surface area contributed by atoms with Crippen LogP contribution in [0.1, 0.15) is 16.8 Å². The smallest absolute Gasteiger partial charge is 0.252 e. The first kappa shape index (κ1) is 18.7. The highest BCUT2D eigenvalue weighted by Crippen LogP contribution is 2.10. The molecule has 0 bridgehead atoms. The lowest BCUT2D eigenvalue weighted by atomic mass is 10.1. The lowest BCUT2D eigenvalue weighted by molar-refractivity contribution is -0.119. The minimum atomic E-state index is -1.37. The Morgan fingerprint density at radius 3 is 2.24 bits per heavy atom. The van der Waals surface area contributed by atoms with Crippen LogP contribution in [0.3, 0.4) is 0 Å². The number of rotatable bonds is 7. The van der Waals surface area contributed by atoms with Crippen LogP contribution in [0.15, 0.2) is 53.4 Å². The molecule has 0 saturated carbocycles. The van der Waals surface area contributed by atoms with Gasteiger partial charge in [0.2, 0.25) is 5.91 Å². The fraction of sp³-hybridized carbons (Fsp3) is 0.176. The number of halogens is 2. The zero-order valence-electron chi connectivity index (χ0n) is 13.1. The van der Waals surface area contributed by atoms with Crippen LogP contribution >= 0.6 is 0 Å². The third-order valence-electron chi connectivity index (χ3n) is 3.37. The Balaban J connectivity index is 2.02. The number of hydrogen-bond donors (Lipinski definition) is 2. The summed E-state index contributed by atoms with van der Waals surface area (Å²) in [5, 5.41) is 2.31. The molecule has 2 aromatic rings. The third-order valence-corrected chi connectivity index (χ3v) is 4.78. The van der Waals surface area contributed by atoms with Crippen molar-refractivity contribution in [3.63, 3.8) is 0 Å². The predicted octanol–water partition coefficient (Wildman–Crippen LogP) is 1.75. The first-order chi connectivity index (χ1) is 11.9. The number of carbonyl (C=O) groups is 2. The summed E-state index contributed by atoms with van der Waals surface area (Å²) in [4.78, 5) is 24.1. The molecule has 0 saturated heterocycles. The largest absolute Gasteiger partial charge is 0.368 e. The van der Waals surface area contributed by atoms with Gasteiger partial charge in [-0.3, -0.25) is 13.8 Å². The van der Waals surface area contributed by atoms with Gasteiger partial charge in [0, 0.05) is 22.3 Å². The molecule has 0 heterocycles. The van der Waals surface area contributed by atoms with Crippen LogP contribution in [0.25, 0.3) is 0 Å². The van der Waals surface area contributed by atoms with E-state index in [-0.39, 0.29) is 17.7 Å². The van der Waals surface area contributed by atoms with Gasteiger partial charge in [-0.1, -0.05) is 18.2 Å². The van der Waals surface area contributed by atoms with Gasteiger partial charge in [-0.2, -0.15) is 0 Å². The van der Waals surface area contributed by atoms with E-state index in [2.05, 4.69) is 5.32 Å². The second kappa shape index (κ2) is 8.48. The minimum Gasteiger partial charge on any atom is -0.368 e. The zero-order chi connectivity index (χ0) is 18.4. The van der Waals surface area contributed by atoms with E-state index in [1.54, 1.807) is 30.3 Å². The molecule has 0 aromatic heterocycles. The molecule has 132 valence electrons. The van der Waals surface area contributed by atoms with Gasteiger partial charge in [0.05, 0.1) is 10.8 Å². The Labute approximate surface area is 145 Å². The van der Waals surface area contributed by atoms with E-state index < -0.39 is 40.3 Å². The first-order valence-corrected chi connectivity index (χ1v) is 8.68. The maximum absolute atomic E-state index is 13.2. The van der Waals surface area contributed by atoms with Crippen molar-refractivity contribution in [1.82, 2.24) is 5.32 Å². The summed E-state index contributed by atoms with van der Waals surface area (Å²) in [6.07, 6.45) is 0.0282. The number of benzene rings is 2. The molecule has 5 nitrogen and oxygen atoms in total. The highest BCUT2D eigenvalue weighted by atomic mass is 32.2. The van der Waals surface area contributed by atoms with Gasteiger partial charge in [-0.15, -0.1) is 0 Å². The standard InChI is InChI=1S/C17H16F2N2O3S/c18-12-8-11(9-13(19)10-12)17(23)21-15(16(20)22)6-7-25(24)14-4-2-1-3-5-14/h1-5,8-10,15H,6-7H2,(H2,20,22)(H,21,23)/t15-,25+/m1/s1. The average molecular weight is 366 g/mol. The molecule has 25 heavy (non-hydrogen) atoms. The lowest BCUT2D eigenvalue weighted by Gasteiger charge is -2.15. The fourth-order valence-electron chi connectivity index (χ4n) is 2.13. The quantitative estimate of drug-likeness (QED) is 0.782. The van der Waals surface area contributed by atoms with Crippen molar-refractivity contribution >= 4 is 22.6 Å². The van der Waals surface area contributed by atoms with Gasteiger partial charge < -0.3 is 11.1 Å². The molecule has 2 rings (SSSR count). The normalized spacial score (nSPS) is 13.0. The van der Waals surface area contributed by atoms with E-state index in [0.29, 0.717) is 11.0 Å². The molecular formula is C17H16F2N2O3S. The van der Waals surface area contributed by atoms with Crippen LogP contribution in [-0.2, 0) is 15.6 Å². The summed E-state index contributed by atoms with van der Waals surface area (Å²) in [7, 11) is -1.37. The second-order valence-corrected chi connectivity index (χ2v) is 6.81. The topological polar surface area (TPSA) is 89.3 Å². The highest BCUT2D eigenvalue weighted by molar-refractivity contribution is 7.85.